The summed E-state index contributed by atoms with van der Waals surface area (Å²) < 4.78 is 9.89. The highest BCUT2D eigenvalue weighted by molar-refractivity contribution is 14.1. The van der Waals surface area contributed by atoms with Crippen molar-refractivity contribution < 1.29 is 4.74 Å². The SMILES string of the molecule is Cc1cccc(-c2nc(CN(I)Cc3cccc(Oc4cccnc4)c3)[nH]c2-c2ccc3ncnn3c2)n1. The topological polar surface area (TPSA) is 97.1 Å². The number of halogens is 1. The number of hydrogen-bond donors (Lipinski definition) is 1. The summed E-state index contributed by atoms with van der Waals surface area (Å²) in [6.07, 6.45) is 6.93. The van der Waals surface area contributed by atoms with Gasteiger partial charge in [0.1, 0.15) is 29.3 Å². The minimum Gasteiger partial charge on any atom is -0.456 e. The van der Waals surface area contributed by atoms with Crippen molar-refractivity contribution in [2.75, 3.05) is 0 Å². The Morgan fingerprint density at radius 1 is 0.974 bits per heavy atom. The van der Waals surface area contributed by atoms with E-state index >= 15 is 0 Å². The van der Waals surface area contributed by atoms with Crippen LogP contribution in [0.5, 0.6) is 11.5 Å². The van der Waals surface area contributed by atoms with E-state index in [9.17, 15) is 0 Å². The molecule has 0 atom stereocenters. The molecule has 9 nitrogen and oxygen atoms in total. The summed E-state index contributed by atoms with van der Waals surface area (Å²) in [6.45, 7) is 3.30. The van der Waals surface area contributed by atoms with Crippen molar-refractivity contribution in [1.29, 1.82) is 0 Å². The van der Waals surface area contributed by atoms with Gasteiger partial charge in [0.2, 0.25) is 0 Å². The van der Waals surface area contributed by atoms with E-state index in [-0.39, 0.29) is 0 Å². The smallest absolute Gasteiger partial charge is 0.155 e. The molecule has 0 aliphatic carbocycles. The van der Waals surface area contributed by atoms with Gasteiger partial charge in [-0.15, -0.1) is 0 Å². The zero-order valence-electron chi connectivity index (χ0n) is 20.5. The molecule has 0 fully saturated rings. The maximum atomic E-state index is 5.95. The third kappa shape index (κ3) is 5.41. The summed E-state index contributed by atoms with van der Waals surface area (Å²) in [4.78, 5) is 21.6. The molecule has 0 spiro atoms. The first-order valence-corrected chi connectivity index (χ1v) is 13.0. The van der Waals surface area contributed by atoms with Gasteiger partial charge in [-0.2, -0.15) is 5.10 Å². The van der Waals surface area contributed by atoms with E-state index < -0.39 is 0 Å². The minimum atomic E-state index is 0.610. The van der Waals surface area contributed by atoms with Crippen molar-refractivity contribution in [2.24, 2.45) is 0 Å². The lowest BCUT2D eigenvalue weighted by Gasteiger charge is -2.14. The second-order valence-corrected chi connectivity index (χ2v) is 10.1. The first-order valence-electron chi connectivity index (χ1n) is 12.0. The average Bonchev–Trinajstić information content (AvgIpc) is 3.56. The van der Waals surface area contributed by atoms with Crippen molar-refractivity contribution in [2.45, 2.75) is 20.0 Å². The molecular weight excluding hydrogens is 591 g/mol. The maximum absolute atomic E-state index is 5.95. The molecule has 6 rings (SSSR count). The summed E-state index contributed by atoms with van der Waals surface area (Å²) in [5.74, 6) is 2.33. The number of hydrogen-bond acceptors (Lipinski definition) is 7. The number of pyridine rings is 3. The van der Waals surface area contributed by atoms with Gasteiger partial charge in [0.25, 0.3) is 0 Å². The van der Waals surface area contributed by atoms with Crippen LogP contribution in [0, 0.1) is 6.92 Å². The van der Waals surface area contributed by atoms with Gasteiger partial charge in [-0.3, -0.25) is 9.97 Å². The third-order valence-corrected chi connectivity index (χ3v) is 6.57. The van der Waals surface area contributed by atoms with Gasteiger partial charge in [-0.05, 0) is 61.0 Å². The van der Waals surface area contributed by atoms with Crippen LogP contribution < -0.4 is 4.74 Å². The highest BCUT2D eigenvalue weighted by Crippen LogP contribution is 2.30. The standard InChI is InChI=1S/C28H23IN8O/c1-19-5-2-9-24(33-19)28-27(21-10-11-26-31-18-32-37(26)16-21)34-25(35-28)17-36(29)15-20-6-3-7-22(13-20)38-23-8-4-12-30-14-23/h2-14,16,18H,15,17H2,1H3,(H,34,35). The lowest BCUT2D eigenvalue weighted by molar-refractivity contribution is 0.471. The Kier molecular flexibility index (Phi) is 6.80. The Hall–Kier alpha value is -4.16. The third-order valence-electron chi connectivity index (χ3n) is 5.89. The summed E-state index contributed by atoms with van der Waals surface area (Å²) >= 11 is 2.33. The number of benzene rings is 1. The highest BCUT2D eigenvalue weighted by Gasteiger charge is 2.18. The Morgan fingerprint density at radius 2 is 1.87 bits per heavy atom. The number of imidazole rings is 1. The van der Waals surface area contributed by atoms with Crippen LogP contribution in [0.15, 0.2) is 91.6 Å². The molecule has 1 N–H and O–H groups in total. The second kappa shape index (κ2) is 10.7. The average molecular weight is 614 g/mol. The van der Waals surface area contributed by atoms with Gasteiger partial charge < -0.3 is 9.72 Å². The predicted molar refractivity (Wildman–Crippen MR) is 153 cm³/mol. The molecule has 0 aliphatic rings. The largest absolute Gasteiger partial charge is 0.456 e. The first kappa shape index (κ1) is 24.2. The number of ether oxygens (including phenoxy) is 1. The number of rotatable bonds is 8. The molecule has 5 aromatic heterocycles. The zero-order valence-corrected chi connectivity index (χ0v) is 22.6. The van der Waals surface area contributed by atoms with Gasteiger partial charge in [-0.1, -0.05) is 18.2 Å². The fourth-order valence-corrected chi connectivity index (χ4v) is 4.92. The first-order chi connectivity index (χ1) is 18.6. The van der Waals surface area contributed by atoms with Crippen molar-refractivity contribution >= 4 is 28.5 Å². The molecule has 5 heterocycles. The van der Waals surface area contributed by atoms with E-state index in [1.54, 1.807) is 23.2 Å². The quantitative estimate of drug-likeness (QED) is 0.165. The molecular formula is C28H23IN8O. The fourth-order valence-electron chi connectivity index (χ4n) is 4.20. The van der Waals surface area contributed by atoms with Gasteiger partial charge >= 0.3 is 0 Å². The van der Waals surface area contributed by atoms with Crippen molar-refractivity contribution in [3.8, 4) is 34.1 Å². The van der Waals surface area contributed by atoms with Gasteiger partial charge in [0, 0.05) is 53.1 Å². The molecule has 10 heteroatoms. The minimum absolute atomic E-state index is 0.610. The molecule has 0 bridgehead atoms. The molecule has 0 aliphatic heterocycles. The number of aryl methyl sites for hydroxylation is 1. The van der Waals surface area contributed by atoms with Gasteiger partial charge in [0.05, 0.1) is 24.1 Å². The summed E-state index contributed by atoms with van der Waals surface area (Å²) in [5.41, 5.74) is 6.34. The van der Waals surface area contributed by atoms with E-state index in [2.05, 4.69) is 52.1 Å². The number of H-pyrrole nitrogens is 1. The van der Waals surface area contributed by atoms with Crippen LogP contribution in [0.4, 0.5) is 0 Å². The van der Waals surface area contributed by atoms with Crippen LogP contribution >= 0.6 is 22.9 Å². The molecule has 0 radical (unpaired) electrons. The highest BCUT2D eigenvalue weighted by atomic mass is 127. The van der Waals surface area contributed by atoms with Gasteiger partial charge in [0.15, 0.2) is 5.65 Å². The Labute approximate surface area is 233 Å². The van der Waals surface area contributed by atoms with Crippen LogP contribution in [0.3, 0.4) is 0 Å². The summed E-state index contributed by atoms with van der Waals surface area (Å²) in [6, 6.07) is 21.8. The molecule has 0 amide bonds. The van der Waals surface area contributed by atoms with Crippen molar-refractivity contribution in [3.63, 3.8) is 0 Å². The maximum Gasteiger partial charge on any atom is 0.155 e. The number of fused-ring (bicyclic) bond motifs is 1. The Balaban J connectivity index is 1.25. The molecule has 6 aromatic rings. The predicted octanol–water partition coefficient (Wildman–Crippen LogP) is 6.03. The van der Waals surface area contributed by atoms with Crippen LogP contribution in [-0.4, -0.2) is 37.6 Å². The van der Waals surface area contributed by atoms with E-state index in [1.165, 1.54) is 0 Å². The van der Waals surface area contributed by atoms with E-state index in [1.807, 2.05) is 73.8 Å². The van der Waals surface area contributed by atoms with Crippen LogP contribution in [0.1, 0.15) is 17.1 Å². The van der Waals surface area contributed by atoms with Crippen LogP contribution in [0.2, 0.25) is 0 Å². The van der Waals surface area contributed by atoms with Crippen LogP contribution in [0.25, 0.3) is 28.3 Å². The molecule has 0 saturated carbocycles. The van der Waals surface area contributed by atoms with Crippen molar-refractivity contribution in [3.05, 3.63) is 109 Å². The lowest BCUT2D eigenvalue weighted by atomic mass is 10.1. The molecule has 38 heavy (non-hydrogen) atoms. The summed E-state index contributed by atoms with van der Waals surface area (Å²) in [5, 5.41) is 4.29. The number of nitrogens with one attached hydrogen (secondary N) is 1. The molecule has 1 aromatic carbocycles. The molecule has 188 valence electrons. The fraction of sp³-hybridized carbons (Fsp3) is 0.107. The number of aromatic amines is 1. The van der Waals surface area contributed by atoms with E-state index in [4.69, 9.17) is 14.7 Å². The summed E-state index contributed by atoms with van der Waals surface area (Å²) in [7, 11) is 0. The lowest BCUT2D eigenvalue weighted by Crippen LogP contribution is -2.11. The zero-order chi connectivity index (χ0) is 25.9. The normalized spacial score (nSPS) is 11.3. The second-order valence-electron chi connectivity index (χ2n) is 8.77. The number of nitrogens with zero attached hydrogens (tertiary/aromatic N) is 7. The Bertz CT molecular complexity index is 1700. The van der Waals surface area contributed by atoms with Crippen LogP contribution in [-0.2, 0) is 13.1 Å². The van der Waals surface area contributed by atoms with E-state index in [0.717, 1.165) is 51.1 Å². The molecule has 0 unspecified atom stereocenters. The Morgan fingerprint density at radius 3 is 2.74 bits per heavy atom. The monoisotopic (exact) mass is 614 g/mol. The number of aromatic nitrogens is 7. The van der Waals surface area contributed by atoms with Crippen molar-refractivity contribution in [1.82, 2.24) is 37.6 Å². The van der Waals surface area contributed by atoms with E-state index in [0.29, 0.717) is 18.8 Å². The van der Waals surface area contributed by atoms with Gasteiger partial charge in [-0.25, -0.2) is 17.6 Å². The molecule has 0 saturated heterocycles.